The van der Waals surface area contributed by atoms with Gasteiger partial charge < -0.3 is 19.9 Å². The van der Waals surface area contributed by atoms with Crippen LogP contribution < -0.4 is 10.6 Å². The lowest BCUT2D eigenvalue weighted by molar-refractivity contribution is 0.123. The van der Waals surface area contributed by atoms with Crippen molar-refractivity contribution in [2.75, 3.05) is 26.3 Å². The van der Waals surface area contributed by atoms with Gasteiger partial charge in [-0.1, -0.05) is 24.3 Å². The molecule has 1 aromatic carbocycles. The van der Waals surface area contributed by atoms with Crippen LogP contribution in [0.15, 0.2) is 41.7 Å². The third kappa shape index (κ3) is 8.74. The molecule has 0 bridgehead atoms. The quantitative estimate of drug-likeness (QED) is 0.209. The Morgan fingerprint density at radius 2 is 2.10 bits per heavy atom. The molecule has 0 amide bonds. The van der Waals surface area contributed by atoms with Crippen LogP contribution in [0.25, 0.3) is 0 Å². The number of aromatic nitrogens is 2. The molecule has 0 radical (unpaired) electrons. The van der Waals surface area contributed by atoms with Gasteiger partial charge in [-0.25, -0.2) is 9.98 Å². The highest BCUT2D eigenvalue weighted by atomic mass is 127. The second kappa shape index (κ2) is 12.8. The third-order valence-corrected chi connectivity index (χ3v) is 4.84. The largest absolute Gasteiger partial charge is 0.381 e. The Bertz CT molecular complexity index is 757. The number of nitrogens with one attached hydrogen (secondary N) is 2. The molecule has 1 aliphatic rings. The van der Waals surface area contributed by atoms with E-state index in [1.165, 1.54) is 24.0 Å². The van der Waals surface area contributed by atoms with Crippen molar-refractivity contribution in [1.82, 2.24) is 20.2 Å². The molecule has 0 unspecified atom stereocenters. The lowest BCUT2D eigenvalue weighted by Gasteiger charge is -2.12. The zero-order valence-electron chi connectivity index (χ0n) is 17.6. The lowest BCUT2D eigenvalue weighted by Crippen LogP contribution is -2.38. The highest BCUT2D eigenvalue weighted by molar-refractivity contribution is 14.0. The van der Waals surface area contributed by atoms with Crippen LogP contribution in [0.2, 0.25) is 0 Å². The molecule has 1 aliphatic carbocycles. The van der Waals surface area contributed by atoms with Crippen LogP contribution in [-0.4, -0.2) is 41.8 Å². The average Bonchev–Trinajstić information content (AvgIpc) is 3.44. The van der Waals surface area contributed by atoms with E-state index in [9.17, 15) is 0 Å². The first kappa shape index (κ1) is 23.7. The summed E-state index contributed by atoms with van der Waals surface area (Å²) in [6, 6.07) is 8.60. The van der Waals surface area contributed by atoms with Gasteiger partial charge in [0, 0.05) is 45.2 Å². The minimum atomic E-state index is 0. The Balaban J connectivity index is 0.00000300. The van der Waals surface area contributed by atoms with E-state index in [1.54, 1.807) is 0 Å². The molecule has 160 valence electrons. The Morgan fingerprint density at radius 1 is 1.28 bits per heavy atom. The normalized spacial score (nSPS) is 13.8. The number of benzene rings is 1. The maximum Gasteiger partial charge on any atom is 0.191 e. The number of guanidine groups is 1. The van der Waals surface area contributed by atoms with Crippen LogP contribution in [0.4, 0.5) is 0 Å². The standard InChI is InChI=1S/C22H33N5O.HI/c1-3-23-22(25-10-5-13-28-17-19-8-9-19)26-15-20-6-4-7-21(14-20)16-27-12-11-24-18(27)2;/h4,6-7,11-12,14,19H,3,5,8-10,13,15-17H2,1-2H3,(H2,23,25,26);1H. The highest BCUT2D eigenvalue weighted by Gasteiger charge is 2.20. The van der Waals surface area contributed by atoms with Crippen LogP contribution in [0.1, 0.15) is 43.1 Å². The zero-order chi connectivity index (χ0) is 19.6. The molecule has 1 heterocycles. The molecular weight excluding hydrogens is 477 g/mol. The van der Waals surface area contributed by atoms with Crippen molar-refractivity contribution in [1.29, 1.82) is 0 Å². The predicted octanol–water partition coefficient (Wildman–Crippen LogP) is 3.73. The summed E-state index contributed by atoms with van der Waals surface area (Å²) in [6.07, 6.45) is 7.55. The van der Waals surface area contributed by atoms with E-state index in [0.717, 1.165) is 57.0 Å². The number of hydrogen-bond acceptors (Lipinski definition) is 3. The Hall–Kier alpha value is -1.61. The van der Waals surface area contributed by atoms with Gasteiger partial charge in [0.05, 0.1) is 6.54 Å². The van der Waals surface area contributed by atoms with Gasteiger partial charge in [0.15, 0.2) is 5.96 Å². The van der Waals surface area contributed by atoms with Gasteiger partial charge in [0.1, 0.15) is 5.82 Å². The Labute approximate surface area is 191 Å². The minimum absolute atomic E-state index is 0. The van der Waals surface area contributed by atoms with Gasteiger partial charge in [-0.05, 0) is 50.2 Å². The molecule has 6 nitrogen and oxygen atoms in total. The molecule has 2 aromatic rings. The van der Waals surface area contributed by atoms with Gasteiger partial charge in [-0.15, -0.1) is 24.0 Å². The first-order chi connectivity index (χ1) is 13.7. The van der Waals surface area contributed by atoms with Crippen molar-refractivity contribution in [2.24, 2.45) is 10.9 Å². The van der Waals surface area contributed by atoms with Gasteiger partial charge >= 0.3 is 0 Å². The molecule has 2 N–H and O–H groups in total. The van der Waals surface area contributed by atoms with Crippen LogP contribution in [0.5, 0.6) is 0 Å². The van der Waals surface area contributed by atoms with Crippen molar-refractivity contribution in [3.63, 3.8) is 0 Å². The molecule has 7 heteroatoms. The molecule has 0 aliphatic heterocycles. The molecule has 1 saturated carbocycles. The third-order valence-electron chi connectivity index (χ3n) is 4.84. The predicted molar refractivity (Wildman–Crippen MR) is 129 cm³/mol. The molecule has 0 spiro atoms. The van der Waals surface area contributed by atoms with E-state index < -0.39 is 0 Å². The molecular formula is C22H34IN5O. The highest BCUT2D eigenvalue weighted by Crippen LogP contribution is 2.28. The van der Waals surface area contributed by atoms with Gasteiger partial charge in [-0.3, -0.25) is 0 Å². The summed E-state index contributed by atoms with van der Waals surface area (Å²) in [5, 5.41) is 6.72. The number of halogens is 1. The maximum absolute atomic E-state index is 5.69. The van der Waals surface area contributed by atoms with Gasteiger partial charge in [0.25, 0.3) is 0 Å². The monoisotopic (exact) mass is 511 g/mol. The molecule has 0 saturated heterocycles. The van der Waals surface area contributed by atoms with Crippen molar-refractivity contribution in [2.45, 2.75) is 46.2 Å². The summed E-state index contributed by atoms with van der Waals surface area (Å²) in [5.74, 6) is 2.73. The summed E-state index contributed by atoms with van der Waals surface area (Å²) < 4.78 is 7.84. The number of nitrogens with zero attached hydrogens (tertiary/aromatic N) is 3. The van der Waals surface area contributed by atoms with E-state index in [2.05, 4.69) is 51.4 Å². The summed E-state index contributed by atoms with van der Waals surface area (Å²) >= 11 is 0. The molecule has 1 fully saturated rings. The molecule has 1 aromatic heterocycles. The number of rotatable bonds is 11. The fourth-order valence-electron chi connectivity index (χ4n) is 3.02. The van der Waals surface area contributed by atoms with E-state index >= 15 is 0 Å². The first-order valence-corrected chi connectivity index (χ1v) is 10.4. The fraction of sp³-hybridized carbons (Fsp3) is 0.545. The number of hydrogen-bond donors (Lipinski definition) is 2. The van der Waals surface area contributed by atoms with E-state index in [-0.39, 0.29) is 24.0 Å². The average molecular weight is 511 g/mol. The van der Waals surface area contributed by atoms with Crippen molar-refractivity contribution in [3.05, 3.63) is 53.6 Å². The van der Waals surface area contributed by atoms with Gasteiger partial charge in [0.2, 0.25) is 0 Å². The van der Waals surface area contributed by atoms with Crippen molar-refractivity contribution in [3.8, 4) is 0 Å². The number of aryl methyl sites for hydroxylation is 1. The zero-order valence-corrected chi connectivity index (χ0v) is 19.9. The summed E-state index contributed by atoms with van der Waals surface area (Å²) in [6.45, 7) is 9.08. The van der Waals surface area contributed by atoms with E-state index in [4.69, 9.17) is 9.73 Å². The number of aliphatic imine (C=N–C) groups is 1. The second-order valence-corrected chi connectivity index (χ2v) is 7.42. The summed E-state index contributed by atoms with van der Waals surface area (Å²) in [4.78, 5) is 9.02. The smallest absolute Gasteiger partial charge is 0.191 e. The van der Waals surface area contributed by atoms with Crippen LogP contribution in [0.3, 0.4) is 0 Å². The Morgan fingerprint density at radius 3 is 2.83 bits per heavy atom. The second-order valence-electron chi connectivity index (χ2n) is 7.42. The van der Waals surface area contributed by atoms with E-state index in [1.807, 2.05) is 19.3 Å². The minimum Gasteiger partial charge on any atom is -0.381 e. The lowest BCUT2D eigenvalue weighted by atomic mass is 10.1. The topological polar surface area (TPSA) is 63.5 Å². The van der Waals surface area contributed by atoms with Crippen LogP contribution in [0, 0.1) is 12.8 Å². The number of imidazole rings is 1. The van der Waals surface area contributed by atoms with Crippen molar-refractivity contribution >= 4 is 29.9 Å². The molecule has 3 rings (SSSR count). The maximum atomic E-state index is 5.69. The first-order valence-electron chi connectivity index (χ1n) is 10.4. The molecule has 29 heavy (non-hydrogen) atoms. The summed E-state index contributed by atoms with van der Waals surface area (Å²) in [7, 11) is 0. The SMILES string of the molecule is CCNC(=NCc1cccc(Cn2ccnc2C)c1)NCCCOCC1CC1.I. The Kier molecular flexibility index (Phi) is 10.5. The van der Waals surface area contributed by atoms with Gasteiger partial charge in [-0.2, -0.15) is 0 Å². The van der Waals surface area contributed by atoms with Crippen molar-refractivity contribution < 1.29 is 4.74 Å². The van der Waals surface area contributed by atoms with E-state index in [0.29, 0.717) is 6.54 Å². The molecule has 0 atom stereocenters. The van der Waals surface area contributed by atoms with Crippen LogP contribution in [-0.2, 0) is 17.8 Å². The van der Waals surface area contributed by atoms with Crippen LogP contribution >= 0.6 is 24.0 Å². The number of ether oxygens (including phenoxy) is 1. The fourth-order valence-corrected chi connectivity index (χ4v) is 3.02. The summed E-state index contributed by atoms with van der Waals surface area (Å²) in [5.41, 5.74) is 2.47.